The second-order valence-electron chi connectivity index (χ2n) is 2.99. The van der Waals surface area contributed by atoms with Crippen molar-refractivity contribution in [2.45, 2.75) is 6.42 Å². The molecule has 1 heteroatoms. The minimum absolute atomic E-state index is 0.838. The van der Waals surface area contributed by atoms with E-state index >= 15 is 0 Å². The summed E-state index contributed by atoms with van der Waals surface area (Å²) in [7, 11) is 0. The van der Waals surface area contributed by atoms with Gasteiger partial charge in [-0.1, -0.05) is 30.3 Å². The molecule has 0 aliphatic heterocycles. The van der Waals surface area contributed by atoms with Gasteiger partial charge >= 0.3 is 0 Å². The molecule has 2 rings (SSSR count). The molecule has 0 bridgehead atoms. The average molecular weight is 169 g/mol. The first-order valence-corrected chi connectivity index (χ1v) is 4.36. The molecule has 2 aromatic rings. The van der Waals surface area contributed by atoms with Crippen molar-refractivity contribution in [2.75, 3.05) is 0 Å². The normalized spacial score (nSPS) is 10.2. The minimum atomic E-state index is 0.838. The van der Waals surface area contributed by atoms with Gasteiger partial charge in [-0.15, -0.1) is 6.58 Å². The lowest BCUT2D eigenvalue weighted by atomic mass is 10.2. The van der Waals surface area contributed by atoms with E-state index in [2.05, 4.69) is 23.7 Å². The Morgan fingerprint density at radius 1 is 1.15 bits per heavy atom. The van der Waals surface area contributed by atoms with Crippen LogP contribution in [0.3, 0.4) is 0 Å². The fourth-order valence-electron chi connectivity index (χ4n) is 1.37. The molecule has 13 heavy (non-hydrogen) atoms. The van der Waals surface area contributed by atoms with Crippen molar-refractivity contribution < 1.29 is 0 Å². The van der Waals surface area contributed by atoms with Crippen LogP contribution in [0.4, 0.5) is 0 Å². The second kappa shape index (κ2) is 3.40. The van der Waals surface area contributed by atoms with Crippen LogP contribution in [-0.4, -0.2) is 4.98 Å². The van der Waals surface area contributed by atoms with E-state index in [1.807, 2.05) is 30.3 Å². The lowest BCUT2D eigenvalue weighted by Crippen LogP contribution is -1.87. The molecule has 1 aromatic carbocycles. The maximum atomic E-state index is 4.49. The first-order valence-electron chi connectivity index (χ1n) is 4.36. The Morgan fingerprint density at radius 3 is 2.85 bits per heavy atom. The Labute approximate surface area is 77.7 Å². The van der Waals surface area contributed by atoms with Gasteiger partial charge in [-0.05, 0) is 12.1 Å². The van der Waals surface area contributed by atoms with E-state index in [0.29, 0.717) is 0 Å². The fourth-order valence-corrected chi connectivity index (χ4v) is 1.37. The summed E-state index contributed by atoms with van der Waals surface area (Å²) < 4.78 is 0. The predicted molar refractivity (Wildman–Crippen MR) is 55.6 cm³/mol. The van der Waals surface area contributed by atoms with E-state index in [1.165, 1.54) is 5.39 Å². The number of nitrogens with zero attached hydrogens (tertiary/aromatic N) is 1. The van der Waals surface area contributed by atoms with Crippen molar-refractivity contribution in [1.82, 2.24) is 4.98 Å². The highest BCUT2D eigenvalue weighted by Crippen LogP contribution is 2.11. The van der Waals surface area contributed by atoms with Crippen LogP contribution >= 0.6 is 0 Å². The van der Waals surface area contributed by atoms with E-state index < -0.39 is 0 Å². The van der Waals surface area contributed by atoms with Crippen molar-refractivity contribution >= 4 is 10.9 Å². The number of para-hydroxylation sites is 1. The van der Waals surface area contributed by atoms with Gasteiger partial charge in [0.1, 0.15) is 0 Å². The number of pyridine rings is 1. The monoisotopic (exact) mass is 169 g/mol. The zero-order valence-corrected chi connectivity index (χ0v) is 7.40. The van der Waals surface area contributed by atoms with Gasteiger partial charge < -0.3 is 0 Å². The molecule has 0 N–H and O–H groups in total. The smallest absolute Gasteiger partial charge is 0.0705 e. The standard InChI is InChI=1S/C12H11N/c1-2-5-11-9-8-10-6-3-4-7-12(10)13-11/h2-4,6-9H,1,5H2. The molecule has 0 aliphatic rings. The van der Waals surface area contributed by atoms with Gasteiger partial charge in [-0.2, -0.15) is 0 Å². The molecule has 1 nitrogen and oxygen atoms in total. The molecule has 1 heterocycles. The summed E-state index contributed by atoms with van der Waals surface area (Å²) in [6.45, 7) is 3.70. The number of allylic oxidation sites excluding steroid dienone is 1. The van der Waals surface area contributed by atoms with Crippen LogP contribution in [-0.2, 0) is 6.42 Å². The molecule has 0 saturated heterocycles. The molecule has 0 fully saturated rings. The predicted octanol–water partition coefficient (Wildman–Crippen LogP) is 2.96. The number of aromatic nitrogens is 1. The van der Waals surface area contributed by atoms with Crippen LogP contribution in [0, 0.1) is 0 Å². The van der Waals surface area contributed by atoms with Gasteiger partial charge in [-0.3, -0.25) is 4.98 Å². The molecule has 0 aliphatic carbocycles. The maximum absolute atomic E-state index is 4.49. The van der Waals surface area contributed by atoms with E-state index in [9.17, 15) is 0 Å². The minimum Gasteiger partial charge on any atom is -0.253 e. The molecular formula is C12H11N. The van der Waals surface area contributed by atoms with Gasteiger partial charge in [0.05, 0.1) is 5.52 Å². The molecule has 0 radical (unpaired) electrons. The van der Waals surface area contributed by atoms with Gasteiger partial charge in [0.2, 0.25) is 0 Å². The van der Waals surface area contributed by atoms with Crippen molar-refractivity contribution in [3.05, 3.63) is 54.7 Å². The first-order chi connectivity index (χ1) is 6.40. The quantitative estimate of drug-likeness (QED) is 0.630. The summed E-state index contributed by atoms with van der Waals surface area (Å²) in [6.07, 6.45) is 2.71. The summed E-state index contributed by atoms with van der Waals surface area (Å²) in [4.78, 5) is 4.49. The molecule has 0 unspecified atom stereocenters. The third-order valence-electron chi connectivity index (χ3n) is 2.01. The van der Waals surface area contributed by atoms with E-state index in [0.717, 1.165) is 17.6 Å². The summed E-state index contributed by atoms with van der Waals surface area (Å²) >= 11 is 0. The largest absolute Gasteiger partial charge is 0.253 e. The molecular weight excluding hydrogens is 158 g/mol. The Balaban J connectivity index is 2.55. The third kappa shape index (κ3) is 1.59. The molecule has 0 amide bonds. The summed E-state index contributed by atoms with van der Waals surface area (Å²) in [5.74, 6) is 0. The highest BCUT2D eigenvalue weighted by Gasteiger charge is 1.94. The highest BCUT2D eigenvalue weighted by atomic mass is 14.7. The molecule has 1 aromatic heterocycles. The first kappa shape index (κ1) is 7.99. The number of rotatable bonds is 2. The van der Waals surface area contributed by atoms with Gasteiger partial charge in [0.15, 0.2) is 0 Å². The van der Waals surface area contributed by atoms with E-state index in [4.69, 9.17) is 0 Å². The SMILES string of the molecule is C=CCc1ccc2ccccc2n1. The van der Waals surface area contributed by atoms with E-state index in [1.54, 1.807) is 0 Å². The van der Waals surface area contributed by atoms with Crippen LogP contribution in [0.2, 0.25) is 0 Å². The molecule has 64 valence electrons. The van der Waals surface area contributed by atoms with Crippen molar-refractivity contribution in [3.8, 4) is 0 Å². The highest BCUT2D eigenvalue weighted by molar-refractivity contribution is 5.78. The van der Waals surface area contributed by atoms with Crippen LogP contribution < -0.4 is 0 Å². The van der Waals surface area contributed by atoms with Gasteiger partial charge in [0, 0.05) is 17.5 Å². The topological polar surface area (TPSA) is 12.9 Å². The van der Waals surface area contributed by atoms with Crippen molar-refractivity contribution in [3.63, 3.8) is 0 Å². The fraction of sp³-hybridized carbons (Fsp3) is 0.0833. The Morgan fingerprint density at radius 2 is 2.00 bits per heavy atom. The number of hydrogen-bond donors (Lipinski definition) is 0. The Hall–Kier alpha value is -1.63. The van der Waals surface area contributed by atoms with E-state index in [-0.39, 0.29) is 0 Å². The maximum Gasteiger partial charge on any atom is 0.0705 e. The van der Waals surface area contributed by atoms with Crippen molar-refractivity contribution in [2.24, 2.45) is 0 Å². The van der Waals surface area contributed by atoms with Crippen LogP contribution in [0.1, 0.15) is 5.69 Å². The third-order valence-corrected chi connectivity index (χ3v) is 2.01. The zero-order chi connectivity index (χ0) is 9.10. The van der Waals surface area contributed by atoms with Crippen LogP contribution in [0.15, 0.2) is 49.1 Å². The molecule has 0 atom stereocenters. The Bertz CT molecular complexity index is 432. The van der Waals surface area contributed by atoms with Gasteiger partial charge in [-0.25, -0.2) is 0 Å². The lowest BCUT2D eigenvalue weighted by molar-refractivity contribution is 1.15. The molecule has 0 spiro atoms. The summed E-state index contributed by atoms with van der Waals surface area (Å²) in [6, 6.07) is 12.3. The summed E-state index contributed by atoms with van der Waals surface area (Å²) in [5, 5.41) is 1.19. The zero-order valence-electron chi connectivity index (χ0n) is 7.40. The second-order valence-corrected chi connectivity index (χ2v) is 2.99. The average Bonchev–Trinajstić information content (AvgIpc) is 2.18. The number of fused-ring (bicyclic) bond motifs is 1. The summed E-state index contributed by atoms with van der Waals surface area (Å²) in [5.41, 5.74) is 2.13. The van der Waals surface area contributed by atoms with Crippen LogP contribution in [0.5, 0.6) is 0 Å². The number of hydrogen-bond acceptors (Lipinski definition) is 1. The Kier molecular flexibility index (Phi) is 2.09. The lowest BCUT2D eigenvalue weighted by Gasteiger charge is -1.99. The van der Waals surface area contributed by atoms with Crippen LogP contribution in [0.25, 0.3) is 10.9 Å². The number of benzene rings is 1. The van der Waals surface area contributed by atoms with Crippen molar-refractivity contribution in [1.29, 1.82) is 0 Å². The molecule has 0 saturated carbocycles. The van der Waals surface area contributed by atoms with Gasteiger partial charge in [0.25, 0.3) is 0 Å².